The lowest BCUT2D eigenvalue weighted by molar-refractivity contribution is 0.132. The van der Waals surface area contributed by atoms with Crippen molar-refractivity contribution in [2.45, 2.75) is 24.3 Å². The maximum absolute atomic E-state index is 13.5. The van der Waals surface area contributed by atoms with E-state index < -0.39 is 39.6 Å². The summed E-state index contributed by atoms with van der Waals surface area (Å²) in [6.07, 6.45) is 0.222. The van der Waals surface area contributed by atoms with E-state index in [-0.39, 0.29) is 22.2 Å². The van der Waals surface area contributed by atoms with Crippen LogP contribution >= 0.6 is 23.2 Å². The van der Waals surface area contributed by atoms with Gasteiger partial charge in [-0.3, -0.25) is 0 Å². The number of aromatic nitrogens is 2. The van der Waals surface area contributed by atoms with Crippen LogP contribution in [0.5, 0.6) is 5.88 Å². The zero-order valence-electron chi connectivity index (χ0n) is 21.2. The summed E-state index contributed by atoms with van der Waals surface area (Å²) in [6.45, 7) is 0. The first-order valence-corrected chi connectivity index (χ1v) is 15.1. The van der Waals surface area contributed by atoms with Crippen molar-refractivity contribution >= 4 is 50.8 Å². The van der Waals surface area contributed by atoms with Crippen LogP contribution in [-0.2, 0) is 22.0 Å². The van der Waals surface area contributed by atoms with Gasteiger partial charge >= 0.3 is 6.09 Å². The van der Waals surface area contributed by atoms with Gasteiger partial charge in [-0.2, -0.15) is 0 Å². The molecule has 6 rings (SSSR count). The predicted molar refractivity (Wildman–Crippen MR) is 153 cm³/mol. The van der Waals surface area contributed by atoms with Crippen LogP contribution < -0.4 is 10.1 Å². The van der Waals surface area contributed by atoms with Gasteiger partial charge in [0.2, 0.25) is 5.88 Å². The van der Waals surface area contributed by atoms with E-state index in [4.69, 9.17) is 27.9 Å². The third-order valence-corrected chi connectivity index (χ3v) is 9.02. The zero-order chi connectivity index (χ0) is 28.9. The number of carbonyl (C=O) groups excluding carboxylic acids is 1. The van der Waals surface area contributed by atoms with E-state index in [9.17, 15) is 22.7 Å². The van der Waals surface area contributed by atoms with Gasteiger partial charge in [0.1, 0.15) is 5.82 Å². The number of sulfone groups is 1. The van der Waals surface area contributed by atoms with E-state index in [1.807, 2.05) is 24.3 Å². The highest BCUT2D eigenvalue weighted by atomic mass is 35.5. The van der Waals surface area contributed by atoms with Crippen LogP contribution in [0.3, 0.4) is 0 Å². The van der Waals surface area contributed by atoms with Crippen molar-refractivity contribution in [3.05, 3.63) is 111 Å². The lowest BCUT2D eigenvalue weighted by Gasteiger charge is -2.19. The van der Waals surface area contributed by atoms with Crippen molar-refractivity contribution in [3.63, 3.8) is 0 Å². The highest BCUT2D eigenvalue weighted by molar-refractivity contribution is 7.91. The lowest BCUT2D eigenvalue weighted by atomic mass is 10.1. The van der Waals surface area contributed by atoms with Gasteiger partial charge in [-0.15, -0.1) is 5.10 Å². The number of carbonyl (C=O) groups is 1. The van der Waals surface area contributed by atoms with Crippen LogP contribution in [0.2, 0.25) is 10.0 Å². The molecule has 1 amide bonds. The molecule has 0 saturated heterocycles. The van der Waals surface area contributed by atoms with Crippen LogP contribution in [0.15, 0.2) is 66.7 Å². The van der Waals surface area contributed by atoms with Crippen molar-refractivity contribution < 1.29 is 27.4 Å². The maximum atomic E-state index is 13.5. The highest BCUT2D eigenvalue weighted by Crippen LogP contribution is 2.39. The van der Waals surface area contributed by atoms with Crippen molar-refractivity contribution in [1.82, 2.24) is 15.1 Å². The summed E-state index contributed by atoms with van der Waals surface area (Å²) < 4.78 is 46.7. The number of ether oxygens (including phenoxy) is 1. The van der Waals surface area contributed by atoms with Gasteiger partial charge in [0.05, 0.1) is 45.6 Å². The summed E-state index contributed by atoms with van der Waals surface area (Å²) in [5, 5.41) is 18.3. The molecule has 4 aromatic rings. The molecule has 0 radical (unpaired) electrons. The van der Waals surface area contributed by atoms with Crippen LogP contribution in [-0.4, -0.2) is 41.3 Å². The molecule has 0 saturated carbocycles. The molecule has 12 heteroatoms. The Labute approximate surface area is 244 Å². The van der Waals surface area contributed by atoms with Crippen LogP contribution in [0.1, 0.15) is 34.0 Å². The Bertz CT molecular complexity index is 1820. The van der Waals surface area contributed by atoms with E-state index in [0.29, 0.717) is 34.0 Å². The third-order valence-electron chi connectivity index (χ3n) is 7.01. The van der Waals surface area contributed by atoms with Crippen LogP contribution in [0.4, 0.5) is 9.18 Å². The molecule has 2 N–H and O–H groups in total. The Morgan fingerprint density at radius 2 is 1.85 bits per heavy atom. The summed E-state index contributed by atoms with van der Waals surface area (Å²) in [6, 6.07) is 17.0. The molecule has 210 valence electrons. The molecule has 0 spiro atoms. The average molecular weight is 614 g/mol. The minimum Gasteiger partial charge on any atom is -0.390 e. The highest BCUT2D eigenvalue weighted by Gasteiger charge is 2.36. The number of nitrogens with zero attached hydrogens (tertiary/aromatic N) is 2. The fraction of sp³-hybridized carbons (Fsp3) is 0.172. The van der Waals surface area contributed by atoms with Gasteiger partial charge in [-0.25, -0.2) is 22.3 Å². The molecule has 2 heterocycles. The van der Waals surface area contributed by atoms with Crippen LogP contribution in [0.25, 0.3) is 17.3 Å². The molecule has 1 aliphatic heterocycles. The van der Waals surface area contributed by atoms with Crippen molar-refractivity contribution in [3.8, 4) is 11.6 Å². The number of hydrogen-bond acceptors (Lipinski definition) is 6. The Morgan fingerprint density at radius 3 is 2.61 bits per heavy atom. The molecule has 3 aromatic carbocycles. The Kier molecular flexibility index (Phi) is 7.11. The molecule has 41 heavy (non-hydrogen) atoms. The van der Waals surface area contributed by atoms with Crippen molar-refractivity contribution in [2.75, 3.05) is 5.75 Å². The number of aliphatic hydroxyl groups is 1. The maximum Gasteiger partial charge on any atom is 0.414 e. The van der Waals surface area contributed by atoms with Gasteiger partial charge in [0, 0.05) is 11.4 Å². The smallest absolute Gasteiger partial charge is 0.390 e. The summed E-state index contributed by atoms with van der Waals surface area (Å²) in [5.74, 6) is -1.42. The Balaban J connectivity index is 1.44. The number of fused-ring (bicyclic) bond motifs is 2. The van der Waals surface area contributed by atoms with Gasteiger partial charge < -0.3 is 15.2 Å². The Morgan fingerprint density at radius 1 is 1.10 bits per heavy atom. The quantitative estimate of drug-likeness (QED) is 0.313. The minimum atomic E-state index is -3.69. The Hall–Kier alpha value is -3.70. The number of rotatable bonds is 4. The summed E-state index contributed by atoms with van der Waals surface area (Å²) in [4.78, 5) is 13.1. The minimum absolute atomic E-state index is 0.165. The summed E-state index contributed by atoms with van der Waals surface area (Å²) in [7, 11) is -3.69. The summed E-state index contributed by atoms with van der Waals surface area (Å²) >= 11 is 12.6. The van der Waals surface area contributed by atoms with E-state index in [1.165, 1.54) is 35.0 Å². The van der Waals surface area contributed by atoms with Gasteiger partial charge in [-0.05, 0) is 58.7 Å². The van der Waals surface area contributed by atoms with Gasteiger partial charge in [0.15, 0.2) is 9.84 Å². The van der Waals surface area contributed by atoms with E-state index >= 15 is 0 Å². The molecule has 0 bridgehead atoms. The number of amides is 1. The SMILES string of the molecule is O=C(N[C@@H]1c2ccccc2C[C@@H]1O)Oc1nn(-c2ccc(Cl)cc2Cl)c2c1CS(=O)(=O)C/C2=C\c1ccc(F)cc1. The second-order valence-electron chi connectivity index (χ2n) is 9.88. The number of hydrogen-bond donors (Lipinski definition) is 2. The second kappa shape index (κ2) is 10.6. The predicted octanol–water partition coefficient (Wildman–Crippen LogP) is 5.53. The molecule has 2 aliphatic rings. The molecular formula is C29H22Cl2FN3O5S. The standard InChI is InChI=1S/C29H22Cl2FN3O5S/c30-19-7-10-24(23(31)13-19)35-27-18(11-16-5-8-20(32)9-6-16)14-41(38,39)15-22(27)28(34-35)40-29(37)33-26-21-4-2-1-3-17(21)12-25(26)36/h1-11,13,25-26,36H,12,14-15H2,(H,33,37)/b18-11+/t25-,26+/m0/s1. The lowest BCUT2D eigenvalue weighted by Crippen LogP contribution is -2.36. The second-order valence-corrected chi connectivity index (χ2v) is 12.8. The average Bonchev–Trinajstić information content (AvgIpc) is 3.41. The van der Waals surface area contributed by atoms with Crippen molar-refractivity contribution in [1.29, 1.82) is 0 Å². The van der Waals surface area contributed by atoms with Crippen LogP contribution in [0, 0.1) is 5.82 Å². The zero-order valence-corrected chi connectivity index (χ0v) is 23.5. The molecule has 1 aliphatic carbocycles. The molecule has 1 aromatic heterocycles. The van der Waals surface area contributed by atoms with Gasteiger partial charge in [-0.1, -0.05) is 59.6 Å². The first kappa shape index (κ1) is 27.5. The number of nitrogens with one attached hydrogen (secondary N) is 1. The first-order valence-electron chi connectivity index (χ1n) is 12.6. The number of aliphatic hydroxyl groups excluding tert-OH is 1. The monoisotopic (exact) mass is 613 g/mol. The molecule has 2 atom stereocenters. The normalized spacial score (nSPS) is 20.0. The number of halogens is 3. The number of benzene rings is 3. The summed E-state index contributed by atoms with van der Waals surface area (Å²) in [5.41, 5.74) is 3.52. The van der Waals surface area contributed by atoms with E-state index in [0.717, 1.165) is 11.1 Å². The van der Waals surface area contributed by atoms with Gasteiger partial charge in [0.25, 0.3) is 0 Å². The third kappa shape index (κ3) is 5.48. The first-order chi connectivity index (χ1) is 19.6. The molecular weight excluding hydrogens is 592 g/mol. The largest absolute Gasteiger partial charge is 0.414 e. The van der Waals surface area contributed by atoms with Crippen molar-refractivity contribution in [2.24, 2.45) is 0 Å². The topological polar surface area (TPSA) is 111 Å². The fourth-order valence-electron chi connectivity index (χ4n) is 5.24. The van der Waals surface area contributed by atoms with E-state index in [1.54, 1.807) is 18.2 Å². The van der Waals surface area contributed by atoms with E-state index in [2.05, 4.69) is 10.4 Å². The molecule has 8 nitrogen and oxygen atoms in total. The molecule has 0 fully saturated rings. The fourth-order valence-corrected chi connectivity index (χ4v) is 7.22. The molecule has 0 unspecified atom stereocenters.